The zero-order chi connectivity index (χ0) is 18.7. The van der Waals surface area contributed by atoms with E-state index in [0.29, 0.717) is 29.2 Å². The lowest BCUT2D eigenvalue weighted by molar-refractivity contribution is 0.0526. The molecule has 3 rings (SSSR count). The molecule has 1 aromatic carbocycles. The molecule has 0 N–H and O–H groups in total. The second kappa shape index (κ2) is 7.49. The molecule has 0 unspecified atom stereocenters. The molecule has 0 bridgehead atoms. The van der Waals surface area contributed by atoms with E-state index in [1.807, 2.05) is 10.6 Å². The van der Waals surface area contributed by atoms with Gasteiger partial charge in [0.1, 0.15) is 5.69 Å². The van der Waals surface area contributed by atoms with Gasteiger partial charge in [0, 0.05) is 19.8 Å². The summed E-state index contributed by atoms with van der Waals surface area (Å²) < 4.78 is 9.25. The van der Waals surface area contributed by atoms with Gasteiger partial charge in [-0.2, -0.15) is 10.1 Å². The molecule has 0 radical (unpaired) electrons. The number of carbonyl (C=O) groups excluding carboxylic acids is 2. The van der Waals surface area contributed by atoms with Crippen LogP contribution in [0.4, 0.5) is 0 Å². The van der Waals surface area contributed by atoms with E-state index in [-0.39, 0.29) is 11.9 Å². The molecular formula is C18H18N4O3S. The first-order chi connectivity index (χ1) is 12.5. The molecule has 2 aromatic heterocycles. The fraction of sp³-hybridized carbons (Fsp3) is 0.222. The maximum Gasteiger partial charge on any atom is 0.338 e. The minimum atomic E-state index is -0.375. The van der Waals surface area contributed by atoms with Crippen molar-refractivity contribution < 1.29 is 14.3 Å². The van der Waals surface area contributed by atoms with Crippen LogP contribution in [0.15, 0.2) is 48.1 Å². The van der Waals surface area contributed by atoms with Crippen molar-refractivity contribution in [2.24, 2.45) is 12.0 Å². The smallest absolute Gasteiger partial charge is 0.338 e. The molecule has 0 aliphatic heterocycles. The van der Waals surface area contributed by atoms with Gasteiger partial charge in [-0.3, -0.25) is 9.48 Å². The van der Waals surface area contributed by atoms with Crippen LogP contribution in [0.3, 0.4) is 0 Å². The van der Waals surface area contributed by atoms with Crippen molar-refractivity contribution in [2.75, 3.05) is 6.61 Å². The Morgan fingerprint density at radius 3 is 2.85 bits per heavy atom. The normalized spacial score (nSPS) is 11.7. The number of hydrogen-bond acceptors (Lipinski definition) is 5. The molecule has 7 nitrogen and oxygen atoms in total. The number of thiazole rings is 1. The van der Waals surface area contributed by atoms with Gasteiger partial charge in [0.05, 0.1) is 22.4 Å². The Balaban J connectivity index is 2.12. The van der Waals surface area contributed by atoms with Crippen LogP contribution in [0.1, 0.15) is 27.8 Å². The Morgan fingerprint density at radius 1 is 1.38 bits per heavy atom. The monoisotopic (exact) mass is 370 g/mol. The van der Waals surface area contributed by atoms with Crippen molar-refractivity contribution in [3.8, 4) is 0 Å². The van der Waals surface area contributed by atoms with Crippen LogP contribution in [0.5, 0.6) is 0 Å². The van der Waals surface area contributed by atoms with Gasteiger partial charge in [0.2, 0.25) is 0 Å². The predicted octanol–water partition coefficient (Wildman–Crippen LogP) is 2.54. The van der Waals surface area contributed by atoms with Gasteiger partial charge in [-0.25, -0.2) is 4.79 Å². The molecule has 1 amide bonds. The SMILES string of the molecule is C=CCn1c(=NC(=O)c2ccnn2C)sc2cc(C(=O)OCC)ccc21. The number of aryl methyl sites for hydroxylation is 1. The zero-order valence-electron chi connectivity index (χ0n) is 14.5. The molecule has 0 saturated heterocycles. The third-order valence-electron chi connectivity index (χ3n) is 3.74. The van der Waals surface area contributed by atoms with E-state index < -0.39 is 0 Å². The lowest BCUT2D eigenvalue weighted by atomic mass is 10.2. The summed E-state index contributed by atoms with van der Waals surface area (Å²) in [4.78, 5) is 29.2. The van der Waals surface area contributed by atoms with E-state index >= 15 is 0 Å². The lowest BCUT2D eigenvalue weighted by Crippen LogP contribution is -2.17. The first-order valence-corrected chi connectivity index (χ1v) is 8.85. The van der Waals surface area contributed by atoms with Gasteiger partial charge >= 0.3 is 5.97 Å². The third-order valence-corrected chi connectivity index (χ3v) is 4.78. The van der Waals surface area contributed by atoms with E-state index in [4.69, 9.17) is 4.74 Å². The second-order valence-electron chi connectivity index (χ2n) is 5.44. The summed E-state index contributed by atoms with van der Waals surface area (Å²) in [6, 6.07) is 6.91. The van der Waals surface area contributed by atoms with Crippen LogP contribution in [0.2, 0.25) is 0 Å². The summed E-state index contributed by atoms with van der Waals surface area (Å²) in [5.41, 5.74) is 1.75. The van der Waals surface area contributed by atoms with Crippen LogP contribution in [-0.4, -0.2) is 32.8 Å². The molecule has 0 atom stereocenters. The molecule has 26 heavy (non-hydrogen) atoms. The van der Waals surface area contributed by atoms with Gasteiger partial charge in [-0.05, 0) is 31.2 Å². The number of esters is 1. The van der Waals surface area contributed by atoms with Crippen LogP contribution in [-0.2, 0) is 18.3 Å². The number of fused-ring (bicyclic) bond motifs is 1. The van der Waals surface area contributed by atoms with Crippen LogP contribution in [0, 0.1) is 0 Å². The average Bonchev–Trinajstić information content (AvgIpc) is 3.19. The molecule has 134 valence electrons. The molecule has 8 heteroatoms. The molecular weight excluding hydrogens is 352 g/mol. The fourth-order valence-corrected chi connectivity index (χ4v) is 3.61. The highest BCUT2D eigenvalue weighted by atomic mass is 32.1. The number of benzene rings is 1. The van der Waals surface area contributed by atoms with Crippen LogP contribution >= 0.6 is 11.3 Å². The average molecular weight is 370 g/mol. The number of allylic oxidation sites excluding steroid dienone is 1. The number of amides is 1. The number of nitrogens with zero attached hydrogens (tertiary/aromatic N) is 4. The van der Waals surface area contributed by atoms with E-state index in [9.17, 15) is 9.59 Å². The van der Waals surface area contributed by atoms with Gasteiger partial charge < -0.3 is 9.30 Å². The van der Waals surface area contributed by atoms with Crippen molar-refractivity contribution in [1.82, 2.24) is 14.3 Å². The maximum absolute atomic E-state index is 12.5. The Kier molecular flexibility index (Phi) is 5.13. The molecule has 0 saturated carbocycles. The Labute approximate surface area is 153 Å². The first kappa shape index (κ1) is 17.8. The first-order valence-electron chi connectivity index (χ1n) is 8.03. The molecule has 0 fully saturated rings. The Hall–Kier alpha value is -3.00. The summed E-state index contributed by atoms with van der Waals surface area (Å²) in [5, 5.41) is 3.99. The lowest BCUT2D eigenvalue weighted by Gasteiger charge is -2.03. The Bertz CT molecular complexity index is 1060. The summed E-state index contributed by atoms with van der Waals surface area (Å²) >= 11 is 1.34. The summed E-state index contributed by atoms with van der Waals surface area (Å²) in [6.45, 7) is 6.34. The van der Waals surface area contributed by atoms with Crippen molar-refractivity contribution >= 4 is 33.4 Å². The molecule has 2 heterocycles. The molecule has 0 spiro atoms. The van der Waals surface area contributed by atoms with Crippen LogP contribution < -0.4 is 4.80 Å². The minimum absolute atomic E-state index is 0.317. The largest absolute Gasteiger partial charge is 0.462 e. The summed E-state index contributed by atoms with van der Waals surface area (Å²) in [5.74, 6) is -0.748. The summed E-state index contributed by atoms with van der Waals surface area (Å²) in [6.07, 6.45) is 3.29. The topological polar surface area (TPSA) is 78.5 Å². The number of aromatic nitrogens is 3. The summed E-state index contributed by atoms with van der Waals surface area (Å²) in [7, 11) is 1.69. The van der Waals surface area contributed by atoms with Gasteiger partial charge in [0.25, 0.3) is 5.91 Å². The Morgan fingerprint density at radius 2 is 2.19 bits per heavy atom. The number of hydrogen-bond donors (Lipinski definition) is 0. The standard InChI is InChI=1S/C18H18N4O3S/c1-4-10-22-13-7-6-12(17(24)25-5-2)11-15(13)26-18(22)20-16(23)14-8-9-19-21(14)3/h4,6-9,11H,1,5,10H2,2-3H3. The van der Waals surface area contributed by atoms with E-state index in [0.717, 1.165) is 10.2 Å². The van der Waals surface area contributed by atoms with Crippen LogP contribution in [0.25, 0.3) is 10.2 Å². The van der Waals surface area contributed by atoms with Gasteiger partial charge in [0.15, 0.2) is 4.80 Å². The number of carbonyl (C=O) groups is 2. The van der Waals surface area contributed by atoms with Crippen molar-refractivity contribution in [3.05, 3.63) is 59.2 Å². The zero-order valence-corrected chi connectivity index (χ0v) is 15.3. The molecule has 0 aliphatic rings. The highest BCUT2D eigenvalue weighted by molar-refractivity contribution is 7.16. The minimum Gasteiger partial charge on any atom is -0.462 e. The van der Waals surface area contributed by atoms with E-state index in [1.165, 1.54) is 16.0 Å². The maximum atomic E-state index is 12.5. The van der Waals surface area contributed by atoms with Gasteiger partial charge in [-0.1, -0.05) is 17.4 Å². The van der Waals surface area contributed by atoms with E-state index in [1.54, 1.807) is 44.4 Å². The van der Waals surface area contributed by atoms with E-state index in [2.05, 4.69) is 16.7 Å². The van der Waals surface area contributed by atoms with Crippen molar-refractivity contribution in [1.29, 1.82) is 0 Å². The second-order valence-corrected chi connectivity index (χ2v) is 6.45. The van der Waals surface area contributed by atoms with Crippen molar-refractivity contribution in [2.45, 2.75) is 13.5 Å². The quantitative estimate of drug-likeness (QED) is 0.511. The third kappa shape index (κ3) is 3.36. The fourth-order valence-electron chi connectivity index (χ4n) is 2.53. The number of ether oxygens (including phenoxy) is 1. The molecule has 0 aliphatic carbocycles. The molecule has 3 aromatic rings. The predicted molar refractivity (Wildman–Crippen MR) is 99.1 cm³/mol. The highest BCUT2D eigenvalue weighted by Gasteiger charge is 2.13. The van der Waals surface area contributed by atoms with Crippen molar-refractivity contribution in [3.63, 3.8) is 0 Å². The van der Waals surface area contributed by atoms with Gasteiger partial charge in [-0.15, -0.1) is 6.58 Å². The highest BCUT2D eigenvalue weighted by Crippen LogP contribution is 2.20. The number of rotatable bonds is 5.